The molecule has 0 aromatic carbocycles. The molecule has 3 aromatic heterocycles. The zero-order chi connectivity index (χ0) is 22.3. The van der Waals surface area contributed by atoms with Gasteiger partial charge in [-0.15, -0.1) is 0 Å². The van der Waals surface area contributed by atoms with Crippen molar-refractivity contribution >= 4 is 16.7 Å². The van der Waals surface area contributed by atoms with Crippen LogP contribution >= 0.6 is 0 Å². The molecule has 7 nitrogen and oxygen atoms in total. The molecule has 7 rings (SSSR count). The molecule has 0 saturated heterocycles. The third-order valence-electron chi connectivity index (χ3n) is 8.60. The van der Waals surface area contributed by atoms with Gasteiger partial charge in [0.15, 0.2) is 5.65 Å². The molecule has 0 spiro atoms. The molecule has 3 fully saturated rings. The van der Waals surface area contributed by atoms with Gasteiger partial charge in [0.2, 0.25) is 0 Å². The minimum Gasteiger partial charge on any atom is -0.365 e. The number of nitrogens with zero attached hydrogens (tertiary/aromatic N) is 6. The van der Waals surface area contributed by atoms with E-state index < -0.39 is 0 Å². The largest absolute Gasteiger partial charge is 0.365 e. The molecule has 0 amide bonds. The molecule has 32 heavy (non-hydrogen) atoms. The number of pyridine rings is 1. The monoisotopic (exact) mass is 433 g/mol. The summed E-state index contributed by atoms with van der Waals surface area (Å²) < 4.78 is 4.23. The van der Waals surface area contributed by atoms with Crippen LogP contribution in [0.15, 0.2) is 18.5 Å². The van der Waals surface area contributed by atoms with Gasteiger partial charge in [0, 0.05) is 48.9 Å². The summed E-state index contributed by atoms with van der Waals surface area (Å²) in [5, 5.41) is 10.6. The van der Waals surface area contributed by atoms with Gasteiger partial charge in [-0.2, -0.15) is 10.2 Å². The molecule has 3 saturated carbocycles. The molecule has 0 unspecified atom stereocenters. The molecular weight excluding hydrogens is 398 g/mol. The number of aryl methyl sites for hydroxylation is 2. The summed E-state index contributed by atoms with van der Waals surface area (Å²) in [6.07, 6.45) is 11.3. The van der Waals surface area contributed by atoms with Crippen molar-refractivity contribution in [1.29, 1.82) is 0 Å². The fraction of sp³-hybridized carbons (Fsp3) is 0.640. The predicted molar refractivity (Wildman–Crippen MR) is 127 cm³/mol. The van der Waals surface area contributed by atoms with E-state index in [4.69, 9.17) is 15.8 Å². The third-order valence-corrected chi connectivity index (χ3v) is 8.60. The van der Waals surface area contributed by atoms with Gasteiger partial charge in [-0.1, -0.05) is 13.8 Å². The lowest BCUT2D eigenvalue weighted by atomic mass is 9.57. The van der Waals surface area contributed by atoms with Gasteiger partial charge in [0.05, 0.1) is 29.2 Å². The van der Waals surface area contributed by atoms with Crippen molar-refractivity contribution in [3.63, 3.8) is 0 Å². The molecule has 4 heterocycles. The summed E-state index contributed by atoms with van der Waals surface area (Å²) >= 11 is 0. The highest BCUT2D eigenvalue weighted by molar-refractivity contribution is 5.89. The lowest BCUT2D eigenvalue weighted by Crippen LogP contribution is -2.53. The number of hydrogen-bond acceptors (Lipinski definition) is 5. The Kier molecular flexibility index (Phi) is 4.15. The lowest BCUT2D eigenvalue weighted by molar-refractivity contribution is 0.0256. The van der Waals surface area contributed by atoms with Gasteiger partial charge >= 0.3 is 0 Å². The van der Waals surface area contributed by atoms with Gasteiger partial charge in [-0.3, -0.25) is 9.36 Å². The van der Waals surface area contributed by atoms with Crippen LogP contribution < -0.4 is 10.6 Å². The maximum Gasteiger partial charge on any atom is 0.159 e. The normalized spacial score (nSPS) is 29.0. The first-order chi connectivity index (χ1) is 15.2. The highest BCUT2D eigenvalue weighted by atomic mass is 15.3. The molecular formula is C25H35N7. The van der Waals surface area contributed by atoms with Crippen LogP contribution in [0.3, 0.4) is 0 Å². The molecule has 0 radical (unpaired) electrons. The van der Waals surface area contributed by atoms with E-state index in [-0.39, 0.29) is 11.0 Å². The minimum atomic E-state index is 0.00733. The zero-order valence-corrected chi connectivity index (χ0v) is 19.9. The predicted octanol–water partition coefficient (Wildman–Crippen LogP) is 3.82. The molecule has 1 aliphatic heterocycles. The summed E-state index contributed by atoms with van der Waals surface area (Å²) in [4.78, 5) is 7.21. The van der Waals surface area contributed by atoms with E-state index in [1.54, 1.807) is 0 Å². The second kappa shape index (κ2) is 6.56. The van der Waals surface area contributed by atoms with E-state index in [1.165, 1.54) is 55.5 Å². The quantitative estimate of drug-likeness (QED) is 0.679. The van der Waals surface area contributed by atoms with Crippen molar-refractivity contribution < 1.29 is 0 Å². The Morgan fingerprint density at radius 1 is 1.03 bits per heavy atom. The van der Waals surface area contributed by atoms with Crippen LogP contribution in [0.25, 0.3) is 11.0 Å². The first-order valence-corrected chi connectivity index (χ1v) is 12.1. The van der Waals surface area contributed by atoms with Crippen molar-refractivity contribution in [2.75, 3.05) is 11.4 Å². The highest BCUT2D eigenvalue weighted by Crippen LogP contribution is 2.52. The van der Waals surface area contributed by atoms with E-state index >= 15 is 0 Å². The average Bonchev–Trinajstić information content (AvgIpc) is 3.32. The lowest BCUT2D eigenvalue weighted by Gasteiger charge is -2.52. The van der Waals surface area contributed by atoms with Crippen LogP contribution in [0.5, 0.6) is 0 Å². The summed E-state index contributed by atoms with van der Waals surface area (Å²) in [6, 6.07) is 2.21. The molecule has 7 heteroatoms. The average molecular weight is 434 g/mol. The van der Waals surface area contributed by atoms with Crippen LogP contribution in [0.4, 0.5) is 5.69 Å². The number of nitrogens with two attached hydrogens (primary N) is 1. The van der Waals surface area contributed by atoms with Crippen molar-refractivity contribution in [2.24, 2.45) is 18.2 Å². The minimum absolute atomic E-state index is 0.00733. The van der Waals surface area contributed by atoms with E-state index in [1.807, 2.05) is 17.9 Å². The second-order valence-electron chi connectivity index (χ2n) is 11.6. The van der Waals surface area contributed by atoms with Crippen LogP contribution in [0, 0.1) is 12.3 Å². The Morgan fingerprint density at radius 2 is 1.75 bits per heavy atom. The maximum absolute atomic E-state index is 6.57. The van der Waals surface area contributed by atoms with E-state index in [2.05, 4.69) is 47.7 Å². The molecule has 4 aliphatic rings. The molecule has 2 bridgehead atoms. The summed E-state index contributed by atoms with van der Waals surface area (Å²) in [6.45, 7) is 9.69. The van der Waals surface area contributed by atoms with Gasteiger partial charge in [0.25, 0.3) is 0 Å². The number of anilines is 1. The maximum atomic E-state index is 6.57. The Bertz CT molecular complexity index is 1180. The number of fused-ring (bicyclic) bond motifs is 5. The third kappa shape index (κ3) is 3.00. The van der Waals surface area contributed by atoms with Crippen molar-refractivity contribution in [3.05, 3.63) is 35.4 Å². The van der Waals surface area contributed by atoms with Crippen LogP contribution in [0.2, 0.25) is 0 Å². The van der Waals surface area contributed by atoms with Crippen LogP contribution in [0.1, 0.15) is 69.3 Å². The smallest absolute Gasteiger partial charge is 0.159 e. The summed E-state index contributed by atoms with van der Waals surface area (Å²) in [7, 11) is 1.96. The van der Waals surface area contributed by atoms with Gasteiger partial charge in [-0.05, 0) is 56.9 Å². The number of hydrogen-bond donors (Lipinski definition) is 1. The molecule has 0 atom stereocenters. The van der Waals surface area contributed by atoms with E-state index in [0.29, 0.717) is 5.41 Å². The number of rotatable bonds is 3. The Hall–Kier alpha value is -2.41. The SMILES string of the molecule is Cc1cc(N2Cc3cnn(CC45CCC(N)(CC4)CC5)c3C(C)(C)C2)c2cnn(C)c2n1. The Labute approximate surface area is 190 Å². The fourth-order valence-corrected chi connectivity index (χ4v) is 6.76. The fourth-order valence-electron chi connectivity index (χ4n) is 6.76. The van der Waals surface area contributed by atoms with E-state index in [9.17, 15) is 0 Å². The van der Waals surface area contributed by atoms with Crippen molar-refractivity contribution in [1.82, 2.24) is 24.5 Å². The second-order valence-corrected chi connectivity index (χ2v) is 11.6. The molecule has 2 N–H and O–H groups in total. The van der Waals surface area contributed by atoms with Gasteiger partial charge in [-0.25, -0.2) is 4.98 Å². The van der Waals surface area contributed by atoms with Crippen LogP contribution in [-0.4, -0.2) is 36.6 Å². The van der Waals surface area contributed by atoms with Crippen LogP contribution in [-0.2, 0) is 25.6 Å². The molecule has 3 aromatic rings. The highest BCUT2D eigenvalue weighted by Gasteiger charge is 2.48. The topological polar surface area (TPSA) is 77.8 Å². The van der Waals surface area contributed by atoms with Gasteiger partial charge < -0.3 is 10.6 Å². The Morgan fingerprint density at radius 3 is 2.47 bits per heavy atom. The standard InChI is InChI=1S/C25H35N7/c1-17-11-20(19-13-27-30(4)22(19)29-17)31-14-18-12-28-32(21(18)23(2,3)15-31)16-24-5-8-25(26,9-6-24)10-7-24/h11-13H,5-10,14-16,26H2,1-4H3. The first-order valence-electron chi connectivity index (χ1n) is 12.1. The van der Waals surface area contributed by atoms with Crippen molar-refractivity contribution in [2.45, 2.75) is 83.3 Å². The van der Waals surface area contributed by atoms with Crippen molar-refractivity contribution in [3.8, 4) is 0 Å². The zero-order valence-electron chi connectivity index (χ0n) is 19.9. The summed E-state index contributed by atoms with van der Waals surface area (Å²) in [5.74, 6) is 0. The molecule has 3 aliphatic carbocycles. The summed E-state index contributed by atoms with van der Waals surface area (Å²) in [5.41, 5.74) is 13.1. The first kappa shape index (κ1) is 20.2. The van der Waals surface area contributed by atoms with Gasteiger partial charge in [0.1, 0.15) is 0 Å². The Balaban J connectivity index is 1.34. The van der Waals surface area contributed by atoms with E-state index in [0.717, 1.165) is 36.4 Å². The number of aromatic nitrogens is 5. The molecule has 170 valence electrons.